The largest absolute Gasteiger partial charge is 0.472 e. The zero-order valence-electron chi connectivity index (χ0n) is 66.5. The van der Waals surface area contributed by atoms with Crippen LogP contribution in [-0.4, -0.2) is 96.7 Å². The number of phosphoric acid groups is 2. The number of hydrogen-bond acceptors (Lipinski definition) is 15. The van der Waals surface area contributed by atoms with Gasteiger partial charge in [-0.3, -0.25) is 37.3 Å². The van der Waals surface area contributed by atoms with E-state index >= 15 is 0 Å². The van der Waals surface area contributed by atoms with Crippen LogP contribution in [0.4, 0.5) is 0 Å². The second-order valence-electron chi connectivity index (χ2n) is 28.4. The van der Waals surface area contributed by atoms with Gasteiger partial charge in [-0.2, -0.15) is 0 Å². The minimum Gasteiger partial charge on any atom is -0.462 e. The topological polar surface area (TPSA) is 237 Å². The van der Waals surface area contributed by atoms with Gasteiger partial charge in [-0.1, -0.05) is 338 Å². The SMILES string of the molecule is CCCCC/C=C\C/C=C\C/C=C\C/C=C\CCCC(=O)O[C@H](COC(=O)CCCCCCCCCCCCCCCCC)COP(=O)(O)OC[C@@H](O)COP(=O)(O)OC[C@@H](COC(=O)CCCCCCCCCCCCCCCCCCC)OC(=O)CCCCCCC/C=C\C/C=C\CCCCC. The van der Waals surface area contributed by atoms with Crippen LogP contribution >= 0.6 is 15.6 Å². The monoisotopic (exact) mass is 1510 g/mol. The van der Waals surface area contributed by atoms with Gasteiger partial charge in [0.2, 0.25) is 0 Å². The van der Waals surface area contributed by atoms with E-state index in [1.165, 1.54) is 193 Å². The quantitative estimate of drug-likeness (QED) is 0.0169. The normalized spacial score (nSPS) is 14.2. The Morgan fingerprint density at radius 1 is 0.269 bits per heavy atom. The van der Waals surface area contributed by atoms with Crippen LogP contribution in [0, 0.1) is 0 Å². The molecule has 0 aliphatic heterocycles. The number of esters is 4. The first kappa shape index (κ1) is 100. The molecule has 0 aliphatic rings. The van der Waals surface area contributed by atoms with E-state index in [9.17, 15) is 43.2 Å². The molecule has 0 saturated heterocycles. The van der Waals surface area contributed by atoms with E-state index < -0.39 is 97.5 Å². The van der Waals surface area contributed by atoms with Gasteiger partial charge in [0, 0.05) is 25.7 Å². The molecule has 3 N–H and O–H groups in total. The number of aliphatic hydroxyl groups is 1. The molecule has 2 unspecified atom stereocenters. The predicted molar refractivity (Wildman–Crippen MR) is 427 cm³/mol. The lowest BCUT2D eigenvalue weighted by molar-refractivity contribution is -0.161. The summed E-state index contributed by atoms with van der Waals surface area (Å²) in [5.74, 6) is -2.22. The minimum atomic E-state index is -4.99. The number of allylic oxidation sites excluding steroid dienone is 12. The zero-order valence-corrected chi connectivity index (χ0v) is 68.2. The summed E-state index contributed by atoms with van der Waals surface area (Å²) < 4.78 is 68.7. The predicted octanol–water partition coefficient (Wildman–Crippen LogP) is 24.8. The fraction of sp³-hybridized carbons (Fsp3) is 0.812. The Morgan fingerprint density at radius 3 is 0.779 bits per heavy atom. The van der Waals surface area contributed by atoms with E-state index in [0.29, 0.717) is 32.1 Å². The van der Waals surface area contributed by atoms with Crippen LogP contribution in [0.3, 0.4) is 0 Å². The van der Waals surface area contributed by atoms with Crippen LogP contribution in [0.1, 0.15) is 387 Å². The van der Waals surface area contributed by atoms with Crippen LogP contribution in [0.5, 0.6) is 0 Å². The molecule has 0 aromatic rings. The van der Waals surface area contributed by atoms with Crippen molar-refractivity contribution in [1.29, 1.82) is 0 Å². The lowest BCUT2D eigenvalue weighted by atomic mass is 10.0. The van der Waals surface area contributed by atoms with Crippen LogP contribution in [0.2, 0.25) is 0 Å². The molecule has 0 fully saturated rings. The van der Waals surface area contributed by atoms with Gasteiger partial charge >= 0.3 is 39.5 Å². The summed E-state index contributed by atoms with van der Waals surface area (Å²) in [5.41, 5.74) is 0. The first-order valence-electron chi connectivity index (χ1n) is 42.2. The van der Waals surface area contributed by atoms with Crippen molar-refractivity contribution in [2.45, 2.75) is 406 Å². The molecule has 0 spiro atoms. The van der Waals surface area contributed by atoms with Crippen molar-refractivity contribution in [3.05, 3.63) is 72.9 Å². The molecule has 0 aromatic heterocycles. The number of rotatable bonds is 80. The molecule has 19 heteroatoms. The molecule has 606 valence electrons. The van der Waals surface area contributed by atoms with Gasteiger partial charge in [-0.25, -0.2) is 9.13 Å². The molecular formula is C85H154O17P2. The Labute approximate surface area is 634 Å². The van der Waals surface area contributed by atoms with Gasteiger partial charge in [-0.05, 0) is 96.3 Å². The first-order valence-corrected chi connectivity index (χ1v) is 45.2. The van der Waals surface area contributed by atoms with Gasteiger partial charge in [0.15, 0.2) is 12.2 Å². The standard InChI is InChI=1S/C85H154O17P2/c1-5-9-13-17-21-25-29-33-37-39-43-46-50-54-58-62-66-70-83(88)96-76-80(101-84(89)71-67-63-59-55-51-47-42-36-32-28-24-20-16-12-8-4)77-99-103(91,92)97-73-79(86)74-98-104(93,94)100-78-81(75-95-82(87)69-65-61-57-53-49-45-41-35-31-27-23-19-15-11-7-3)102-85(90)72-68-64-60-56-52-48-44-40-38-34-30-26-22-18-14-10-6-2/h22,24,26,28,34,36,38,42,44,48,56,60,79-81,86H,5-21,23,25,27,29-33,35,37,39-41,43,45-47,49-55,57-59,61-78H2,1-4H3,(H,91,92)(H,93,94)/b26-22-,28-24-,38-34-,42-36-,48-44-,60-56-/t79-,80+,81+/m0/s1. The molecular weight excluding hydrogens is 1350 g/mol. The van der Waals surface area contributed by atoms with Gasteiger partial charge < -0.3 is 33.8 Å². The van der Waals surface area contributed by atoms with Crippen molar-refractivity contribution in [2.24, 2.45) is 0 Å². The van der Waals surface area contributed by atoms with E-state index in [0.717, 1.165) is 109 Å². The fourth-order valence-electron chi connectivity index (χ4n) is 11.7. The van der Waals surface area contributed by atoms with Crippen LogP contribution in [0.15, 0.2) is 72.9 Å². The molecule has 0 rings (SSSR count). The van der Waals surface area contributed by atoms with Crippen molar-refractivity contribution < 1.29 is 80.2 Å². The Morgan fingerprint density at radius 2 is 0.481 bits per heavy atom. The highest BCUT2D eigenvalue weighted by atomic mass is 31.2. The molecule has 0 amide bonds. The number of phosphoric ester groups is 2. The smallest absolute Gasteiger partial charge is 0.462 e. The van der Waals surface area contributed by atoms with Crippen LogP contribution in [-0.2, 0) is 65.4 Å². The third kappa shape index (κ3) is 76.7. The third-order valence-corrected chi connectivity index (χ3v) is 20.1. The fourth-order valence-corrected chi connectivity index (χ4v) is 13.3. The van der Waals surface area contributed by atoms with Crippen molar-refractivity contribution in [3.63, 3.8) is 0 Å². The summed E-state index contributed by atoms with van der Waals surface area (Å²) >= 11 is 0. The number of carbonyl (C=O) groups excluding carboxylic acids is 4. The van der Waals surface area contributed by atoms with Gasteiger partial charge in [0.25, 0.3) is 0 Å². The van der Waals surface area contributed by atoms with Crippen molar-refractivity contribution >= 4 is 39.5 Å². The summed E-state index contributed by atoms with van der Waals surface area (Å²) in [6.07, 6.45) is 80.2. The third-order valence-electron chi connectivity index (χ3n) is 18.2. The minimum absolute atomic E-state index is 0.0232. The number of aliphatic hydroxyl groups excluding tert-OH is 1. The van der Waals surface area contributed by atoms with Crippen molar-refractivity contribution in [3.8, 4) is 0 Å². The second-order valence-corrected chi connectivity index (χ2v) is 31.3. The van der Waals surface area contributed by atoms with E-state index in [1.807, 2.05) is 12.2 Å². The molecule has 0 aliphatic carbocycles. The highest BCUT2D eigenvalue weighted by Crippen LogP contribution is 2.45. The molecule has 0 radical (unpaired) electrons. The lowest BCUT2D eigenvalue weighted by Gasteiger charge is -2.21. The lowest BCUT2D eigenvalue weighted by Crippen LogP contribution is -2.30. The molecule has 104 heavy (non-hydrogen) atoms. The average molecular weight is 1510 g/mol. The molecule has 0 aromatic carbocycles. The highest BCUT2D eigenvalue weighted by Gasteiger charge is 2.30. The summed E-state index contributed by atoms with van der Waals surface area (Å²) in [6.45, 7) is 4.84. The van der Waals surface area contributed by atoms with Crippen LogP contribution in [0.25, 0.3) is 0 Å². The van der Waals surface area contributed by atoms with Crippen molar-refractivity contribution in [2.75, 3.05) is 39.6 Å². The Hall–Kier alpha value is -3.50. The van der Waals surface area contributed by atoms with Crippen LogP contribution < -0.4 is 0 Å². The van der Waals surface area contributed by atoms with Gasteiger partial charge in [0.05, 0.1) is 26.4 Å². The number of carbonyl (C=O) groups is 4. The van der Waals surface area contributed by atoms with Gasteiger partial charge in [-0.15, -0.1) is 0 Å². The van der Waals surface area contributed by atoms with E-state index in [-0.39, 0.29) is 25.7 Å². The number of ether oxygens (including phenoxy) is 4. The second kappa shape index (κ2) is 77.7. The summed E-state index contributed by atoms with van der Waals surface area (Å²) in [5, 5.41) is 10.7. The molecule has 17 nitrogen and oxygen atoms in total. The molecule has 0 saturated carbocycles. The van der Waals surface area contributed by atoms with E-state index in [4.69, 9.17) is 37.0 Å². The molecule has 5 atom stereocenters. The first-order chi connectivity index (χ1) is 50.7. The highest BCUT2D eigenvalue weighted by molar-refractivity contribution is 7.47. The Balaban J connectivity index is 5.38. The summed E-state index contributed by atoms with van der Waals surface area (Å²) in [4.78, 5) is 73.1. The van der Waals surface area contributed by atoms with Crippen molar-refractivity contribution in [1.82, 2.24) is 0 Å². The summed E-state index contributed by atoms with van der Waals surface area (Å²) in [7, 11) is -9.97. The maximum Gasteiger partial charge on any atom is 0.472 e. The van der Waals surface area contributed by atoms with E-state index in [2.05, 4.69) is 88.5 Å². The Bertz CT molecular complexity index is 2250. The van der Waals surface area contributed by atoms with E-state index in [1.54, 1.807) is 0 Å². The maximum atomic E-state index is 13.1. The number of hydrogen-bond donors (Lipinski definition) is 3. The summed E-state index contributed by atoms with van der Waals surface area (Å²) in [6, 6.07) is 0. The number of unbranched alkanes of at least 4 members (excludes halogenated alkanes) is 42. The molecule has 0 bridgehead atoms. The van der Waals surface area contributed by atoms with Gasteiger partial charge in [0.1, 0.15) is 19.3 Å². The Kier molecular flexibility index (Phi) is 75.0. The zero-order chi connectivity index (χ0) is 76.0. The molecule has 0 heterocycles. The average Bonchev–Trinajstić information content (AvgIpc) is 1.07. The maximum absolute atomic E-state index is 13.1.